The molecule has 0 spiro atoms. The van der Waals surface area contributed by atoms with Crippen LogP contribution in [0.25, 0.3) is 0 Å². The first-order chi connectivity index (χ1) is 6.22. The molecule has 2 heteroatoms. The molecule has 0 radical (unpaired) electrons. The van der Waals surface area contributed by atoms with Crippen molar-refractivity contribution in [2.45, 2.75) is 46.6 Å². The Bertz CT molecular complexity index is 106. The summed E-state index contributed by atoms with van der Waals surface area (Å²) in [5.74, 6) is 3.38. The lowest BCUT2D eigenvalue weighted by molar-refractivity contribution is 0.394. The smallest absolute Gasteiger partial charge is 0.00646 e. The lowest BCUT2D eigenvalue weighted by Gasteiger charge is -2.20. The molecule has 0 aromatic heterocycles. The quantitative estimate of drug-likeness (QED) is 0.608. The van der Waals surface area contributed by atoms with Crippen molar-refractivity contribution in [2.24, 2.45) is 5.92 Å². The maximum atomic E-state index is 3.55. The molecular formula is C11H25NS. The molecule has 0 saturated heterocycles. The van der Waals surface area contributed by atoms with Gasteiger partial charge in [-0.05, 0) is 43.7 Å². The molecule has 2 atom stereocenters. The second-order valence-electron chi connectivity index (χ2n) is 3.71. The summed E-state index contributed by atoms with van der Waals surface area (Å²) >= 11 is 2.05. The predicted molar refractivity (Wildman–Crippen MR) is 64.5 cm³/mol. The van der Waals surface area contributed by atoms with Gasteiger partial charge in [-0.2, -0.15) is 11.8 Å². The van der Waals surface area contributed by atoms with Crippen molar-refractivity contribution in [2.75, 3.05) is 18.1 Å². The van der Waals surface area contributed by atoms with Crippen LogP contribution in [0.1, 0.15) is 40.5 Å². The Morgan fingerprint density at radius 2 is 1.92 bits per heavy atom. The van der Waals surface area contributed by atoms with Gasteiger partial charge < -0.3 is 5.32 Å². The molecular weight excluding hydrogens is 178 g/mol. The van der Waals surface area contributed by atoms with Gasteiger partial charge in [0.2, 0.25) is 0 Å². The van der Waals surface area contributed by atoms with Gasteiger partial charge in [-0.1, -0.05) is 20.8 Å². The summed E-state index contributed by atoms with van der Waals surface area (Å²) in [6.45, 7) is 10.3. The van der Waals surface area contributed by atoms with Gasteiger partial charge in [0, 0.05) is 6.04 Å². The molecule has 1 nitrogen and oxygen atoms in total. The normalized spacial score (nSPS) is 15.7. The van der Waals surface area contributed by atoms with Gasteiger partial charge in [0.25, 0.3) is 0 Å². The summed E-state index contributed by atoms with van der Waals surface area (Å²) < 4.78 is 0. The number of hydrogen-bond acceptors (Lipinski definition) is 2. The molecule has 0 aromatic rings. The Kier molecular flexibility index (Phi) is 9.10. The largest absolute Gasteiger partial charge is 0.314 e. The van der Waals surface area contributed by atoms with Crippen LogP contribution in [0.15, 0.2) is 0 Å². The highest BCUT2D eigenvalue weighted by Gasteiger charge is 2.09. The first-order valence-electron chi connectivity index (χ1n) is 5.53. The summed E-state index contributed by atoms with van der Waals surface area (Å²) in [6.07, 6.45) is 2.58. The van der Waals surface area contributed by atoms with E-state index in [0.29, 0.717) is 6.04 Å². The Morgan fingerprint density at radius 3 is 2.46 bits per heavy atom. The topological polar surface area (TPSA) is 12.0 Å². The van der Waals surface area contributed by atoms with Crippen molar-refractivity contribution in [3.8, 4) is 0 Å². The van der Waals surface area contributed by atoms with Crippen LogP contribution in [0.5, 0.6) is 0 Å². The van der Waals surface area contributed by atoms with Crippen LogP contribution in [0.3, 0.4) is 0 Å². The van der Waals surface area contributed by atoms with E-state index in [4.69, 9.17) is 0 Å². The predicted octanol–water partition coefficient (Wildman–Crippen LogP) is 3.15. The molecule has 0 rings (SSSR count). The van der Waals surface area contributed by atoms with Crippen LogP contribution in [-0.4, -0.2) is 24.1 Å². The maximum Gasteiger partial charge on any atom is 0.00646 e. The van der Waals surface area contributed by atoms with Gasteiger partial charge in [-0.15, -0.1) is 0 Å². The van der Waals surface area contributed by atoms with Gasteiger partial charge in [0.05, 0.1) is 0 Å². The van der Waals surface area contributed by atoms with Crippen molar-refractivity contribution < 1.29 is 0 Å². The number of hydrogen-bond donors (Lipinski definition) is 1. The molecule has 0 bridgehead atoms. The Labute approximate surface area is 88.1 Å². The monoisotopic (exact) mass is 203 g/mol. The highest BCUT2D eigenvalue weighted by Crippen LogP contribution is 2.12. The van der Waals surface area contributed by atoms with Crippen LogP contribution in [0.4, 0.5) is 0 Å². The van der Waals surface area contributed by atoms with E-state index in [2.05, 4.69) is 33.0 Å². The van der Waals surface area contributed by atoms with Crippen LogP contribution in [-0.2, 0) is 0 Å². The van der Waals surface area contributed by atoms with E-state index in [-0.39, 0.29) is 0 Å². The third-order valence-corrected chi connectivity index (χ3v) is 3.42. The molecule has 13 heavy (non-hydrogen) atoms. The molecule has 0 aliphatic rings. The Hall–Kier alpha value is 0.310. The molecule has 0 fully saturated rings. The highest BCUT2D eigenvalue weighted by atomic mass is 32.2. The van der Waals surface area contributed by atoms with Gasteiger partial charge >= 0.3 is 0 Å². The molecule has 80 valence electrons. The van der Waals surface area contributed by atoms with E-state index < -0.39 is 0 Å². The summed E-state index contributed by atoms with van der Waals surface area (Å²) in [7, 11) is 0. The molecule has 2 unspecified atom stereocenters. The standard InChI is InChI=1S/C11H25NS/c1-5-8-12-11(4)10(3)7-9-13-6-2/h10-12H,5-9H2,1-4H3. The van der Waals surface area contributed by atoms with Crippen LogP contribution < -0.4 is 5.32 Å². The number of rotatable bonds is 8. The van der Waals surface area contributed by atoms with Crippen molar-refractivity contribution in [1.29, 1.82) is 0 Å². The SMILES string of the molecule is CCCNC(C)C(C)CCSCC. The molecule has 0 heterocycles. The maximum absolute atomic E-state index is 3.55. The van der Waals surface area contributed by atoms with Crippen LogP contribution >= 0.6 is 11.8 Å². The van der Waals surface area contributed by atoms with E-state index in [1.807, 2.05) is 11.8 Å². The van der Waals surface area contributed by atoms with E-state index in [1.165, 1.54) is 24.3 Å². The molecule has 0 aliphatic carbocycles. The zero-order chi connectivity index (χ0) is 10.1. The molecule has 1 N–H and O–H groups in total. The number of nitrogens with one attached hydrogen (secondary N) is 1. The Morgan fingerprint density at radius 1 is 1.23 bits per heavy atom. The summed E-state index contributed by atoms with van der Waals surface area (Å²) in [5, 5.41) is 3.55. The van der Waals surface area contributed by atoms with E-state index in [0.717, 1.165) is 12.5 Å². The van der Waals surface area contributed by atoms with E-state index in [1.54, 1.807) is 0 Å². The average Bonchev–Trinajstić information content (AvgIpc) is 2.14. The summed E-state index contributed by atoms with van der Waals surface area (Å²) in [5.41, 5.74) is 0. The minimum Gasteiger partial charge on any atom is -0.314 e. The fourth-order valence-electron chi connectivity index (χ4n) is 1.24. The van der Waals surface area contributed by atoms with Crippen LogP contribution in [0.2, 0.25) is 0 Å². The number of thioether (sulfide) groups is 1. The van der Waals surface area contributed by atoms with Crippen LogP contribution in [0, 0.1) is 5.92 Å². The van der Waals surface area contributed by atoms with Gasteiger partial charge in [0.1, 0.15) is 0 Å². The van der Waals surface area contributed by atoms with Crippen molar-refractivity contribution >= 4 is 11.8 Å². The fraction of sp³-hybridized carbons (Fsp3) is 1.00. The fourth-order valence-corrected chi connectivity index (χ4v) is 2.06. The van der Waals surface area contributed by atoms with Crippen molar-refractivity contribution in [3.05, 3.63) is 0 Å². The Balaban J connectivity index is 3.38. The molecule has 0 saturated carbocycles. The molecule has 0 aliphatic heterocycles. The minimum atomic E-state index is 0.678. The molecule has 0 amide bonds. The lowest BCUT2D eigenvalue weighted by Crippen LogP contribution is -2.32. The van der Waals surface area contributed by atoms with Crippen molar-refractivity contribution in [3.63, 3.8) is 0 Å². The highest BCUT2D eigenvalue weighted by molar-refractivity contribution is 7.99. The van der Waals surface area contributed by atoms with E-state index in [9.17, 15) is 0 Å². The van der Waals surface area contributed by atoms with Gasteiger partial charge in [-0.25, -0.2) is 0 Å². The minimum absolute atomic E-state index is 0.678. The zero-order valence-corrected chi connectivity index (χ0v) is 10.4. The van der Waals surface area contributed by atoms with E-state index >= 15 is 0 Å². The van der Waals surface area contributed by atoms with Gasteiger partial charge in [-0.3, -0.25) is 0 Å². The third kappa shape index (κ3) is 7.39. The summed E-state index contributed by atoms with van der Waals surface area (Å²) in [6, 6.07) is 0.678. The first kappa shape index (κ1) is 13.3. The van der Waals surface area contributed by atoms with Gasteiger partial charge in [0.15, 0.2) is 0 Å². The lowest BCUT2D eigenvalue weighted by atomic mass is 10.0. The average molecular weight is 203 g/mol. The first-order valence-corrected chi connectivity index (χ1v) is 6.68. The third-order valence-electron chi connectivity index (χ3n) is 2.49. The zero-order valence-electron chi connectivity index (χ0n) is 9.60. The molecule has 0 aromatic carbocycles. The van der Waals surface area contributed by atoms with Crippen molar-refractivity contribution in [1.82, 2.24) is 5.32 Å². The second kappa shape index (κ2) is 8.89. The summed E-state index contributed by atoms with van der Waals surface area (Å²) in [4.78, 5) is 0. The second-order valence-corrected chi connectivity index (χ2v) is 5.10.